The Balaban J connectivity index is 2.21. The molecular formula is C11H11F3NO2. The number of amides is 1. The van der Waals surface area contributed by atoms with E-state index in [1.54, 1.807) is 0 Å². The highest BCUT2D eigenvalue weighted by atomic mass is 19.3. The summed E-state index contributed by atoms with van der Waals surface area (Å²) in [6.45, 7) is -3.15. The first-order valence-electron chi connectivity index (χ1n) is 4.83. The summed E-state index contributed by atoms with van der Waals surface area (Å²) in [5.74, 6) is -0.882. The van der Waals surface area contributed by atoms with Crippen LogP contribution in [0.25, 0.3) is 0 Å². The molecule has 0 spiro atoms. The van der Waals surface area contributed by atoms with E-state index < -0.39 is 19.1 Å². The molecule has 0 saturated heterocycles. The van der Waals surface area contributed by atoms with Gasteiger partial charge in [-0.2, -0.15) is 8.78 Å². The summed E-state index contributed by atoms with van der Waals surface area (Å²) in [4.78, 5) is 11.1. The number of hydrogen-bond acceptors (Lipinski definition) is 2. The maximum atomic E-state index is 12.5. The molecule has 0 heterocycles. The third kappa shape index (κ3) is 5.91. The molecule has 1 aromatic carbocycles. The maximum absolute atomic E-state index is 12.5. The van der Waals surface area contributed by atoms with E-state index in [0.29, 0.717) is 5.56 Å². The lowest BCUT2D eigenvalue weighted by atomic mass is 10.2. The lowest BCUT2D eigenvalue weighted by Crippen LogP contribution is -2.24. The smallest absolute Gasteiger partial charge is 0.345 e. The number of halogens is 3. The SMILES string of the molecule is O=C([CH]COC(F)F)NCc1ccc(F)cc1. The van der Waals surface area contributed by atoms with Gasteiger partial charge in [0.05, 0.1) is 13.0 Å². The van der Waals surface area contributed by atoms with Gasteiger partial charge in [0.2, 0.25) is 5.91 Å². The van der Waals surface area contributed by atoms with Crippen molar-refractivity contribution in [2.24, 2.45) is 0 Å². The molecule has 0 atom stereocenters. The Morgan fingerprint density at radius 3 is 2.59 bits per heavy atom. The van der Waals surface area contributed by atoms with Crippen LogP contribution in [0.5, 0.6) is 0 Å². The van der Waals surface area contributed by atoms with Crippen LogP contribution in [0.4, 0.5) is 13.2 Å². The van der Waals surface area contributed by atoms with Crippen molar-refractivity contribution in [2.75, 3.05) is 6.61 Å². The van der Waals surface area contributed by atoms with Crippen molar-refractivity contribution in [1.29, 1.82) is 0 Å². The molecule has 0 aliphatic heterocycles. The van der Waals surface area contributed by atoms with Crippen LogP contribution in [0.1, 0.15) is 5.56 Å². The second kappa shape index (κ2) is 6.90. The minimum absolute atomic E-state index is 0.199. The Hall–Kier alpha value is -1.56. The number of alkyl halides is 2. The highest BCUT2D eigenvalue weighted by Gasteiger charge is 2.05. The van der Waals surface area contributed by atoms with Gasteiger partial charge in [-0.1, -0.05) is 12.1 Å². The number of ether oxygens (including phenoxy) is 1. The fourth-order valence-corrected chi connectivity index (χ4v) is 1.06. The van der Waals surface area contributed by atoms with Gasteiger partial charge in [-0.05, 0) is 17.7 Å². The molecule has 1 N–H and O–H groups in total. The van der Waals surface area contributed by atoms with E-state index in [0.717, 1.165) is 6.42 Å². The summed E-state index contributed by atoms with van der Waals surface area (Å²) in [5, 5.41) is 2.45. The van der Waals surface area contributed by atoms with Crippen molar-refractivity contribution in [3.63, 3.8) is 0 Å². The van der Waals surface area contributed by atoms with Gasteiger partial charge in [0.1, 0.15) is 5.82 Å². The van der Waals surface area contributed by atoms with Crippen LogP contribution in [0.2, 0.25) is 0 Å². The number of nitrogens with one attached hydrogen (secondary N) is 1. The molecule has 0 saturated carbocycles. The molecule has 0 aliphatic carbocycles. The van der Waals surface area contributed by atoms with Crippen LogP contribution >= 0.6 is 0 Å². The molecule has 1 radical (unpaired) electrons. The van der Waals surface area contributed by atoms with Crippen molar-refractivity contribution >= 4 is 5.91 Å². The van der Waals surface area contributed by atoms with Gasteiger partial charge in [-0.25, -0.2) is 4.39 Å². The zero-order valence-corrected chi connectivity index (χ0v) is 8.83. The summed E-state index contributed by atoms with van der Waals surface area (Å²) in [7, 11) is 0. The zero-order chi connectivity index (χ0) is 12.7. The average Bonchev–Trinajstić information content (AvgIpc) is 2.28. The molecule has 0 fully saturated rings. The molecule has 0 aromatic heterocycles. The van der Waals surface area contributed by atoms with Crippen molar-refractivity contribution in [3.8, 4) is 0 Å². The predicted molar refractivity (Wildman–Crippen MR) is 54.5 cm³/mol. The molecule has 0 unspecified atom stereocenters. The van der Waals surface area contributed by atoms with E-state index in [9.17, 15) is 18.0 Å². The topological polar surface area (TPSA) is 38.3 Å². The Kier molecular flexibility index (Phi) is 5.48. The summed E-state index contributed by atoms with van der Waals surface area (Å²) < 4.78 is 39.6. The Morgan fingerprint density at radius 1 is 1.35 bits per heavy atom. The van der Waals surface area contributed by atoms with Crippen LogP contribution in [-0.4, -0.2) is 19.1 Å². The minimum Gasteiger partial charge on any atom is -0.352 e. The molecule has 17 heavy (non-hydrogen) atoms. The van der Waals surface area contributed by atoms with Gasteiger partial charge in [-0.15, -0.1) is 0 Å². The maximum Gasteiger partial charge on any atom is 0.345 e. The van der Waals surface area contributed by atoms with E-state index in [1.807, 2.05) is 0 Å². The minimum atomic E-state index is -2.89. The molecule has 1 rings (SSSR count). The fraction of sp³-hybridized carbons (Fsp3) is 0.273. The highest BCUT2D eigenvalue weighted by molar-refractivity contribution is 5.84. The van der Waals surface area contributed by atoms with Gasteiger partial charge in [0.15, 0.2) is 0 Å². The normalized spacial score (nSPS) is 10.6. The molecule has 1 aromatic rings. The Bertz CT molecular complexity index is 354. The number of benzene rings is 1. The first-order valence-corrected chi connectivity index (χ1v) is 4.83. The standard InChI is InChI=1S/C11H11F3NO2/c12-9-3-1-8(2-4-9)7-15-10(16)5-6-17-11(13)14/h1-5,11H,6-7H2,(H,15,16). The lowest BCUT2D eigenvalue weighted by molar-refractivity contribution is -0.130. The molecule has 1 amide bonds. The summed E-state index contributed by atoms with van der Waals surface area (Å²) in [6.07, 6.45) is 0.968. The van der Waals surface area contributed by atoms with E-state index in [1.165, 1.54) is 24.3 Å². The number of rotatable bonds is 6. The van der Waals surface area contributed by atoms with Crippen molar-refractivity contribution < 1.29 is 22.7 Å². The first kappa shape index (κ1) is 13.5. The van der Waals surface area contributed by atoms with Gasteiger partial charge < -0.3 is 10.1 Å². The van der Waals surface area contributed by atoms with Gasteiger partial charge in [0.25, 0.3) is 0 Å². The van der Waals surface area contributed by atoms with Gasteiger partial charge in [0, 0.05) is 6.54 Å². The molecular weight excluding hydrogens is 235 g/mol. The van der Waals surface area contributed by atoms with E-state index in [-0.39, 0.29) is 12.4 Å². The average molecular weight is 246 g/mol. The Labute approximate surface area is 96.6 Å². The van der Waals surface area contributed by atoms with Crippen LogP contribution in [0.3, 0.4) is 0 Å². The molecule has 93 valence electrons. The number of hydrogen-bond donors (Lipinski definition) is 1. The van der Waals surface area contributed by atoms with Crippen molar-refractivity contribution in [3.05, 3.63) is 42.1 Å². The highest BCUT2D eigenvalue weighted by Crippen LogP contribution is 2.02. The third-order valence-electron chi connectivity index (χ3n) is 1.87. The van der Waals surface area contributed by atoms with Crippen LogP contribution in [0.15, 0.2) is 24.3 Å². The second-order valence-corrected chi connectivity index (χ2v) is 3.14. The third-order valence-corrected chi connectivity index (χ3v) is 1.87. The van der Waals surface area contributed by atoms with Crippen LogP contribution < -0.4 is 5.32 Å². The molecule has 3 nitrogen and oxygen atoms in total. The Morgan fingerprint density at radius 2 is 2.00 bits per heavy atom. The summed E-state index contributed by atoms with van der Waals surface area (Å²) in [6, 6.07) is 5.58. The van der Waals surface area contributed by atoms with Gasteiger partial charge >= 0.3 is 6.61 Å². The van der Waals surface area contributed by atoms with E-state index in [2.05, 4.69) is 10.1 Å². The first-order chi connectivity index (χ1) is 8.08. The lowest BCUT2D eigenvalue weighted by Gasteiger charge is -2.05. The van der Waals surface area contributed by atoms with E-state index in [4.69, 9.17) is 0 Å². The second-order valence-electron chi connectivity index (χ2n) is 3.14. The molecule has 0 bridgehead atoms. The predicted octanol–water partition coefficient (Wildman–Crippen LogP) is 1.89. The van der Waals surface area contributed by atoms with E-state index >= 15 is 0 Å². The molecule has 6 heteroatoms. The monoisotopic (exact) mass is 246 g/mol. The summed E-state index contributed by atoms with van der Waals surface area (Å²) in [5.41, 5.74) is 0.711. The zero-order valence-electron chi connectivity index (χ0n) is 8.83. The fourth-order valence-electron chi connectivity index (χ4n) is 1.06. The molecule has 0 aliphatic rings. The van der Waals surface area contributed by atoms with Crippen molar-refractivity contribution in [2.45, 2.75) is 13.2 Å². The summed E-state index contributed by atoms with van der Waals surface area (Å²) >= 11 is 0. The number of carbonyl (C=O) groups is 1. The van der Waals surface area contributed by atoms with Crippen LogP contribution in [-0.2, 0) is 16.1 Å². The largest absolute Gasteiger partial charge is 0.352 e. The van der Waals surface area contributed by atoms with Crippen LogP contribution in [0, 0.1) is 12.2 Å². The van der Waals surface area contributed by atoms with Gasteiger partial charge in [-0.3, -0.25) is 4.79 Å². The quantitative estimate of drug-likeness (QED) is 0.832. The number of carbonyl (C=O) groups excluding carboxylic acids is 1. The van der Waals surface area contributed by atoms with Crippen molar-refractivity contribution in [1.82, 2.24) is 5.32 Å².